The fraction of sp³-hybridized carbons (Fsp3) is 0.200. The summed E-state index contributed by atoms with van der Waals surface area (Å²) >= 11 is 6.16. The maximum Gasteiger partial charge on any atom is 0.268 e. The molecule has 0 bridgehead atoms. The van der Waals surface area contributed by atoms with Gasteiger partial charge < -0.3 is 9.67 Å². The number of aryl methyl sites for hydroxylation is 1. The van der Waals surface area contributed by atoms with Gasteiger partial charge >= 0.3 is 0 Å². The Kier molecular flexibility index (Phi) is 6.06. The number of carbonyl (C=O) groups is 1. The first-order valence-electron chi connectivity index (χ1n) is 10.4. The molecule has 0 amide bonds. The van der Waals surface area contributed by atoms with Gasteiger partial charge in [0.05, 0.1) is 5.56 Å². The lowest BCUT2D eigenvalue weighted by Crippen LogP contribution is -2.31. The van der Waals surface area contributed by atoms with Crippen molar-refractivity contribution in [3.05, 3.63) is 91.2 Å². The molecule has 0 fully saturated rings. The van der Waals surface area contributed by atoms with Gasteiger partial charge in [0.25, 0.3) is 5.43 Å². The zero-order valence-electron chi connectivity index (χ0n) is 17.5. The topological polar surface area (TPSA) is 89.3 Å². The van der Waals surface area contributed by atoms with Gasteiger partial charge in [-0.25, -0.2) is 4.98 Å². The normalized spacial score (nSPS) is 11.2. The van der Waals surface area contributed by atoms with E-state index >= 15 is 0 Å². The number of aromatic hydroxyl groups is 1. The average molecular weight is 449 g/mol. The van der Waals surface area contributed by atoms with Crippen molar-refractivity contribution in [2.24, 2.45) is 0 Å². The van der Waals surface area contributed by atoms with E-state index in [4.69, 9.17) is 11.6 Å². The molecule has 0 aliphatic carbocycles. The number of nitrogens with zero attached hydrogens (tertiary/aromatic N) is 2. The summed E-state index contributed by atoms with van der Waals surface area (Å²) in [5.74, 6) is 0.293. The molecule has 7 heteroatoms. The Morgan fingerprint density at radius 2 is 1.72 bits per heavy atom. The number of aldehydes is 1. The van der Waals surface area contributed by atoms with Crippen molar-refractivity contribution in [3.8, 4) is 28.0 Å². The molecule has 1 N–H and O–H groups in total. The van der Waals surface area contributed by atoms with Crippen molar-refractivity contribution in [1.82, 2.24) is 9.55 Å². The Labute approximate surface area is 189 Å². The quantitative estimate of drug-likeness (QED) is 0.319. The Balaban J connectivity index is 1.66. The van der Waals surface area contributed by atoms with Gasteiger partial charge in [-0.2, -0.15) is 0 Å². The molecule has 0 unspecified atom stereocenters. The van der Waals surface area contributed by atoms with Crippen molar-refractivity contribution in [3.63, 3.8) is 0 Å². The molecule has 1 heterocycles. The lowest BCUT2D eigenvalue weighted by molar-refractivity contribution is 0.111. The molecule has 0 aliphatic rings. The van der Waals surface area contributed by atoms with Crippen LogP contribution in [0.3, 0.4) is 0 Å². The Hall–Kier alpha value is -3.51. The molecule has 1 aromatic heterocycles. The third kappa shape index (κ3) is 3.78. The number of carbonyl (C=O) groups excluding carboxylic acids is 1. The highest BCUT2D eigenvalue weighted by Crippen LogP contribution is 2.34. The molecule has 3 aromatic carbocycles. The van der Waals surface area contributed by atoms with Gasteiger partial charge in [0, 0.05) is 13.0 Å². The van der Waals surface area contributed by atoms with E-state index in [9.17, 15) is 19.5 Å². The third-order valence-corrected chi connectivity index (χ3v) is 5.87. The summed E-state index contributed by atoms with van der Waals surface area (Å²) in [5, 5.41) is 10.1. The van der Waals surface area contributed by atoms with Crippen molar-refractivity contribution >= 4 is 17.9 Å². The molecule has 0 spiro atoms. The summed E-state index contributed by atoms with van der Waals surface area (Å²) in [7, 11) is 0. The SMILES string of the molecule is CCCCc1nc(Cl)c(C=O)n1Cc1ccc(-c2ccccc2-c2c(O)c(=O)c2=O)cc1. The number of hydrogen-bond acceptors (Lipinski definition) is 5. The standard InChI is InChI=1S/C25H21ClN2O4/c1-2-3-8-20-27-25(26)19(14-29)28(20)13-15-9-11-16(12-10-15)17-6-4-5-7-18(17)21-22(30)24(32)23(21)31/h4-7,9-12,14,30H,2-3,8,13H2,1H3. The molecular weight excluding hydrogens is 428 g/mol. The number of halogens is 1. The highest BCUT2D eigenvalue weighted by Gasteiger charge is 2.23. The minimum absolute atomic E-state index is 0.0546. The molecule has 0 aliphatic heterocycles. The predicted octanol–water partition coefficient (Wildman–Crippen LogP) is 4.38. The van der Waals surface area contributed by atoms with Gasteiger partial charge in [-0.1, -0.05) is 73.5 Å². The molecule has 4 rings (SSSR count). The number of aromatic nitrogens is 2. The van der Waals surface area contributed by atoms with Gasteiger partial charge in [0.15, 0.2) is 17.2 Å². The summed E-state index contributed by atoms with van der Waals surface area (Å²) in [6, 6.07) is 14.8. The van der Waals surface area contributed by atoms with Crippen LogP contribution in [-0.4, -0.2) is 20.9 Å². The second kappa shape index (κ2) is 8.93. The molecule has 6 nitrogen and oxygen atoms in total. The molecule has 0 saturated heterocycles. The second-order valence-corrected chi connectivity index (χ2v) is 7.99. The first kappa shape index (κ1) is 21.7. The van der Waals surface area contributed by atoms with Gasteiger partial charge in [-0.3, -0.25) is 14.4 Å². The Morgan fingerprint density at radius 1 is 1.03 bits per heavy atom. The van der Waals surface area contributed by atoms with E-state index in [1.54, 1.807) is 12.1 Å². The smallest absolute Gasteiger partial charge is 0.268 e. The van der Waals surface area contributed by atoms with Crippen LogP contribution in [0.25, 0.3) is 22.3 Å². The van der Waals surface area contributed by atoms with Crippen molar-refractivity contribution in [1.29, 1.82) is 0 Å². The van der Waals surface area contributed by atoms with Crippen molar-refractivity contribution < 1.29 is 9.90 Å². The lowest BCUT2D eigenvalue weighted by Gasteiger charge is -2.13. The first-order valence-corrected chi connectivity index (χ1v) is 10.7. The van der Waals surface area contributed by atoms with Crippen LogP contribution < -0.4 is 10.9 Å². The highest BCUT2D eigenvalue weighted by molar-refractivity contribution is 6.31. The molecule has 162 valence electrons. The summed E-state index contributed by atoms with van der Waals surface area (Å²) in [6.07, 6.45) is 3.42. The van der Waals surface area contributed by atoms with Crippen molar-refractivity contribution in [2.75, 3.05) is 0 Å². The van der Waals surface area contributed by atoms with E-state index in [0.29, 0.717) is 17.8 Å². The number of unbranched alkanes of at least 4 members (excludes halogenated alkanes) is 1. The second-order valence-electron chi connectivity index (χ2n) is 7.64. The molecule has 32 heavy (non-hydrogen) atoms. The summed E-state index contributed by atoms with van der Waals surface area (Å²) in [4.78, 5) is 39.3. The zero-order chi connectivity index (χ0) is 22.8. The summed E-state index contributed by atoms with van der Waals surface area (Å²) in [6.45, 7) is 2.54. The van der Waals surface area contributed by atoms with Crippen molar-refractivity contribution in [2.45, 2.75) is 32.7 Å². The van der Waals surface area contributed by atoms with E-state index in [1.165, 1.54) is 0 Å². The summed E-state index contributed by atoms with van der Waals surface area (Å²) < 4.78 is 1.84. The van der Waals surface area contributed by atoms with E-state index in [0.717, 1.165) is 48.1 Å². The Bertz CT molecular complexity index is 1360. The largest absolute Gasteiger partial charge is 0.503 e. The monoisotopic (exact) mass is 448 g/mol. The summed E-state index contributed by atoms with van der Waals surface area (Å²) in [5.41, 5.74) is 1.94. The first-order chi connectivity index (χ1) is 15.5. The van der Waals surface area contributed by atoms with Crippen LogP contribution in [0.4, 0.5) is 0 Å². The highest BCUT2D eigenvalue weighted by atomic mass is 35.5. The number of benzene rings is 2. The Morgan fingerprint density at radius 3 is 2.34 bits per heavy atom. The molecule has 4 aromatic rings. The van der Waals surface area contributed by atoms with E-state index in [-0.39, 0.29) is 10.7 Å². The van der Waals surface area contributed by atoms with Crippen LogP contribution in [0.5, 0.6) is 5.75 Å². The minimum Gasteiger partial charge on any atom is -0.503 e. The fourth-order valence-electron chi connectivity index (χ4n) is 3.85. The van der Waals surface area contributed by atoms with Gasteiger partial charge in [-0.15, -0.1) is 0 Å². The average Bonchev–Trinajstić information content (AvgIpc) is 3.12. The lowest BCUT2D eigenvalue weighted by atomic mass is 9.91. The number of imidazole rings is 1. The van der Waals surface area contributed by atoms with Gasteiger partial charge in [-0.05, 0) is 28.7 Å². The van der Waals surface area contributed by atoms with E-state index in [2.05, 4.69) is 11.9 Å². The van der Waals surface area contributed by atoms with Crippen LogP contribution in [-0.2, 0) is 13.0 Å². The van der Waals surface area contributed by atoms with Gasteiger partial charge in [0.1, 0.15) is 11.5 Å². The fourth-order valence-corrected chi connectivity index (χ4v) is 4.09. The van der Waals surface area contributed by atoms with Crippen LogP contribution >= 0.6 is 11.6 Å². The molecule has 0 radical (unpaired) electrons. The van der Waals surface area contributed by atoms with Crippen LogP contribution in [0, 0.1) is 0 Å². The van der Waals surface area contributed by atoms with Gasteiger partial charge in [0.2, 0.25) is 5.43 Å². The van der Waals surface area contributed by atoms with Crippen LogP contribution in [0.2, 0.25) is 5.15 Å². The van der Waals surface area contributed by atoms with Crippen LogP contribution in [0.15, 0.2) is 58.1 Å². The zero-order valence-corrected chi connectivity index (χ0v) is 18.2. The number of rotatable bonds is 8. The molecule has 0 atom stereocenters. The maximum absolute atomic E-state index is 12.0. The molecule has 0 saturated carbocycles. The maximum atomic E-state index is 12.0. The minimum atomic E-state index is -0.853. The van der Waals surface area contributed by atoms with E-state index in [1.807, 2.05) is 41.0 Å². The predicted molar refractivity (Wildman–Crippen MR) is 124 cm³/mol. The molecular formula is C25H21ClN2O4. The number of hydrogen-bond donors (Lipinski definition) is 1. The van der Waals surface area contributed by atoms with E-state index < -0.39 is 16.6 Å². The third-order valence-electron chi connectivity index (χ3n) is 5.59. The van der Waals surface area contributed by atoms with Crippen LogP contribution in [0.1, 0.15) is 41.6 Å².